The molecule has 0 aromatic carbocycles. The molecular weight excluding hydrogens is 419 g/mol. The predicted octanol–water partition coefficient (Wildman–Crippen LogP) is 2.08. The van der Waals surface area contributed by atoms with Crippen molar-refractivity contribution in [2.75, 3.05) is 20.6 Å². The van der Waals surface area contributed by atoms with Gasteiger partial charge < -0.3 is 19.3 Å². The van der Waals surface area contributed by atoms with Crippen molar-refractivity contribution in [3.05, 3.63) is 35.7 Å². The third-order valence-electron chi connectivity index (χ3n) is 4.09. The Balaban J connectivity index is 0.00000208. The first-order valence-electron chi connectivity index (χ1n) is 8.12. The molecule has 132 valence electrons. The fourth-order valence-corrected chi connectivity index (χ4v) is 2.92. The number of hydrogen-bond acceptors (Lipinski definition) is 4. The average Bonchev–Trinajstić information content (AvgIpc) is 3.20. The maximum absolute atomic E-state index is 4.86. The third kappa shape index (κ3) is 4.71. The number of imidazole rings is 1. The number of fused-ring (bicyclic) bond motifs is 1. The van der Waals surface area contributed by atoms with Crippen LogP contribution in [0, 0.1) is 0 Å². The van der Waals surface area contributed by atoms with Crippen molar-refractivity contribution in [3.8, 4) is 0 Å². The molecular formula is C16H25IN6O. The van der Waals surface area contributed by atoms with Gasteiger partial charge in [-0.25, -0.2) is 4.98 Å². The van der Waals surface area contributed by atoms with E-state index >= 15 is 0 Å². The molecule has 0 amide bonds. The molecule has 0 spiro atoms. The molecule has 0 bridgehead atoms. The lowest BCUT2D eigenvalue weighted by Gasteiger charge is -2.20. The van der Waals surface area contributed by atoms with Crippen LogP contribution in [0.3, 0.4) is 0 Å². The number of hydrogen-bond donors (Lipinski definition) is 1. The standard InChI is InChI=1S/C16H24N6O.HI/c1-17-16(21(2)11-14-7-10-23-20-14)18-8-6-13-12-22-9-4-3-5-15(22)19-13;/h7,10,12H,3-6,8-9,11H2,1-2H3,(H,17,18);1H. The SMILES string of the molecule is CN=C(NCCc1cn2c(n1)CCCC2)N(C)Cc1ccon1.I. The van der Waals surface area contributed by atoms with Crippen LogP contribution in [-0.4, -0.2) is 46.2 Å². The summed E-state index contributed by atoms with van der Waals surface area (Å²) in [5.74, 6) is 2.08. The second kappa shape index (κ2) is 9.05. The summed E-state index contributed by atoms with van der Waals surface area (Å²) in [7, 11) is 3.77. The van der Waals surface area contributed by atoms with Crippen LogP contribution in [0.1, 0.15) is 30.1 Å². The van der Waals surface area contributed by atoms with Gasteiger partial charge in [0.05, 0.1) is 12.2 Å². The Morgan fingerprint density at radius 1 is 1.42 bits per heavy atom. The smallest absolute Gasteiger partial charge is 0.193 e. The molecule has 0 aliphatic carbocycles. The lowest BCUT2D eigenvalue weighted by Crippen LogP contribution is -2.39. The van der Waals surface area contributed by atoms with Gasteiger partial charge in [0, 0.05) is 52.3 Å². The molecule has 0 atom stereocenters. The van der Waals surface area contributed by atoms with Crippen molar-refractivity contribution < 1.29 is 4.52 Å². The lowest BCUT2D eigenvalue weighted by molar-refractivity contribution is 0.391. The van der Waals surface area contributed by atoms with Gasteiger partial charge in [0.2, 0.25) is 0 Å². The highest BCUT2D eigenvalue weighted by atomic mass is 127. The molecule has 0 unspecified atom stereocenters. The van der Waals surface area contributed by atoms with E-state index in [1.165, 1.54) is 18.7 Å². The minimum Gasteiger partial charge on any atom is -0.364 e. The highest BCUT2D eigenvalue weighted by Gasteiger charge is 2.12. The second-order valence-corrected chi connectivity index (χ2v) is 5.87. The summed E-state index contributed by atoms with van der Waals surface area (Å²) in [5, 5.41) is 7.30. The van der Waals surface area contributed by atoms with Gasteiger partial charge in [-0.3, -0.25) is 4.99 Å². The summed E-state index contributed by atoms with van der Waals surface area (Å²) in [5.41, 5.74) is 2.04. The zero-order chi connectivity index (χ0) is 16.1. The van der Waals surface area contributed by atoms with Crippen LogP contribution in [0.5, 0.6) is 0 Å². The van der Waals surface area contributed by atoms with E-state index in [0.717, 1.165) is 43.3 Å². The monoisotopic (exact) mass is 444 g/mol. The maximum atomic E-state index is 4.86. The normalized spacial score (nSPS) is 14.0. The number of nitrogens with zero attached hydrogens (tertiary/aromatic N) is 5. The van der Waals surface area contributed by atoms with E-state index in [1.54, 1.807) is 13.3 Å². The number of aliphatic imine (C=N–C) groups is 1. The second-order valence-electron chi connectivity index (χ2n) is 5.87. The van der Waals surface area contributed by atoms with E-state index in [9.17, 15) is 0 Å². The van der Waals surface area contributed by atoms with Gasteiger partial charge in [0.1, 0.15) is 17.8 Å². The lowest BCUT2D eigenvalue weighted by atomic mass is 10.2. The Morgan fingerprint density at radius 2 is 2.29 bits per heavy atom. The number of nitrogens with one attached hydrogen (secondary N) is 1. The van der Waals surface area contributed by atoms with Crippen LogP contribution in [0.15, 0.2) is 28.0 Å². The molecule has 24 heavy (non-hydrogen) atoms. The van der Waals surface area contributed by atoms with Crippen LogP contribution in [0.4, 0.5) is 0 Å². The molecule has 1 N–H and O–H groups in total. The predicted molar refractivity (Wildman–Crippen MR) is 104 cm³/mol. The minimum absolute atomic E-state index is 0. The average molecular weight is 444 g/mol. The van der Waals surface area contributed by atoms with Gasteiger partial charge in [0.25, 0.3) is 0 Å². The van der Waals surface area contributed by atoms with Gasteiger partial charge in [-0.15, -0.1) is 24.0 Å². The number of guanidine groups is 1. The Labute approximate surface area is 159 Å². The number of rotatable bonds is 5. The molecule has 7 nitrogen and oxygen atoms in total. The molecule has 1 aliphatic heterocycles. The molecule has 0 fully saturated rings. The molecule has 3 heterocycles. The van der Waals surface area contributed by atoms with Gasteiger partial charge in [0.15, 0.2) is 5.96 Å². The molecule has 8 heteroatoms. The summed E-state index contributed by atoms with van der Waals surface area (Å²) in [6.07, 6.45) is 8.30. The van der Waals surface area contributed by atoms with Crippen molar-refractivity contribution >= 4 is 29.9 Å². The van der Waals surface area contributed by atoms with E-state index in [0.29, 0.717) is 6.54 Å². The first kappa shape index (κ1) is 18.8. The van der Waals surface area contributed by atoms with Gasteiger partial charge in [-0.2, -0.15) is 0 Å². The van der Waals surface area contributed by atoms with Crippen LogP contribution < -0.4 is 5.32 Å². The van der Waals surface area contributed by atoms with Crippen molar-refractivity contribution in [2.24, 2.45) is 4.99 Å². The van der Waals surface area contributed by atoms with Crippen LogP contribution in [0.2, 0.25) is 0 Å². The van der Waals surface area contributed by atoms with Crippen molar-refractivity contribution in [2.45, 2.75) is 38.8 Å². The third-order valence-corrected chi connectivity index (χ3v) is 4.09. The maximum Gasteiger partial charge on any atom is 0.193 e. The van der Waals surface area contributed by atoms with Crippen molar-refractivity contribution in [3.63, 3.8) is 0 Å². The number of aryl methyl sites for hydroxylation is 2. The van der Waals surface area contributed by atoms with E-state index in [1.807, 2.05) is 18.0 Å². The highest BCUT2D eigenvalue weighted by molar-refractivity contribution is 14.0. The zero-order valence-electron chi connectivity index (χ0n) is 14.2. The number of halogens is 1. The van der Waals surface area contributed by atoms with E-state index in [-0.39, 0.29) is 24.0 Å². The quantitative estimate of drug-likeness (QED) is 0.435. The van der Waals surface area contributed by atoms with E-state index in [2.05, 4.69) is 26.2 Å². The highest BCUT2D eigenvalue weighted by Crippen LogP contribution is 2.14. The Kier molecular flexibility index (Phi) is 7.07. The fourth-order valence-electron chi connectivity index (χ4n) is 2.92. The summed E-state index contributed by atoms with van der Waals surface area (Å²) in [6.45, 7) is 2.58. The Hall–Kier alpha value is -1.58. The largest absolute Gasteiger partial charge is 0.364 e. The van der Waals surface area contributed by atoms with E-state index in [4.69, 9.17) is 9.51 Å². The van der Waals surface area contributed by atoms with E-state index < -0.39 is 0 Å². The molecule has 3 rings (SSSR count). The van der Waals surface area contributed by atoms with Crippen molar-refractivity contribution in [1.29, 1.82) is 0 Å². The minimum atomic E-state index is 0. The number of aromatic nitrogens is 3. The summed E-state index contributed by atoms with van der Waals surface area (Å²) in [4.78, 5) is 11.1. The zero-order valence-corrected chi connectivity index (χ0v) is 16.6. The molecule has 0 saturated carbocycles. The summed E-state index contributed by atoms with van der Waals surface area (Å²) in [6, 6.07) is 1.86. The van der Waals surface area contributed by atoms with Crippen LogP contribution >= 0.6 is 24.0 Å². The molecule has 1 aliphatic rings. The Morgan fingerprint density at radius 3 is 3.00 bits per heavy atom. The van der Waals surface area contributed by atoms with Gasteiger partial charge in [-0.05, 0) is 12.8 Å². The van der Waals surface area contributed by atoms with Gasteiger partial charge >= 0.3 is 0 Å². The molecule has 2 aromatic rings. The molecule has 0 radical (unpaired) electrons. The topological polar surface area (TPSA) is 71.5 Å². The first-order valence-corrected chi connectivity index (χ1v) is 8.12. The molecule has 2 aromatic heterocycles. The molecule has 0 saturated heterocycles. The van der Waals surface area contributed by atoms with Crippen LogP contribution in [0.25, 0.3) is 0 Å². The summed E-state index contributed by atoms with van der Waals surface area (Å²) >= 11 is 0. The van der Waals surface area contributed by atoms with Gasteiger partial charge in [-0.1, -0.05) is 5.16 Å². The van der Waals surface area contributed by atoms with Crippen LogP contribution in [-0.2, 0) is 25.9 Å². The first-order chi connectivity index (χ1) is 11.3. The summed E-state index contributed by atoms with van der Waals surface area (Å²) < 4.78 is 7.16. The van der Waals surface area contributed by atoms with Crippen molar-refractivity contribution in [1.82, 2.24) is 24.9 Å². The fraction of sp³-hybridized carbons (Fsp3) is 0.562. The Bertz CT molecular complexity index is 628.